The van der Waals surface area contributed by atoms with Crippen LogP contribution in [-0.2, 0) is 10.0 Å². The Morgan fingerprint density at radius 1 is 1.20 bits per heavy atom. The molecule has 5 nitrogen and oxygen atoms in total. The predicted molar refractivity (Wildman–Crippen MR) is 82.7 cm³/mol. The van der Waals surface area contributed by atoms with Gasteiger partial charge >= 0.3 is 0 Å². The van der Waals surface area contributed by atoms with Crippen LogP contribution >= 0.6 is 15.9 Å². The van der Waals surface area contributed by atoms with E-state index in [2.05, 4.69) is 44.5 Å². The van der Waals surface area contributed by atoms with Gasteiger partial charge in [0.1, 0.15) is 0 Å². The highest BCUT2D eigenvalue weighted by molar-refractivity contribution is 9.10. The molecule has 2 rings (SSSR count). The molecule has 0 unspecified atom stereocenters. The second kappa shape index (κ2) is 6.53. The van der Waals surface area contributed by atoms with E-state index in [4.69, 9.17) is 0 Å². The highest BCUT2D eigenvalue weighted by Gasteiger charge is 2.31. The van der Waals surface area contributed by atoms with Crippen LogP contribution in [0.2, 0.25) is 0 Å². The van der Waals surface area contributed by atoms with Crippen LogP contribution in [0.25, 0.3) is 0 Å². The van der Waals surface area contributed by atoms with Gasteiger partial charge in [-0.3, -0.25) is 0 Å². The minimum atomic E-state index is -3.49. The predicted octanol–water partition coefficient (Wildman–Crippen LogP) is 1.67. The number of halogens is 1. The molecule has 0 amide bonds. The van der Waals surface area contributed by atoms with Crippen molar-refractivity contribution in [2.24, 2.45) is 0 Å². The van der Waals surface area contributed by atoms with Gasteiger partial charge in [-0.2, -0.15) is 0 Å². The molecule has 1 heterocycles. The van der Waals surface area contributed by atoms with E-state index in [0.29, 0.717) is 17.6 Å². The van der Waals surface area contributed by atoms with Gasteiger partial charge < -0.3 is 0 Å². The molecule has 1 saturated heterocycles. The van der Waals surface area contributed by atoms with Gasteiger partial charge in [0.05, 0.1) is 10.9 Å². The van der Waals surface area contributed by atoms with Crippen LogP contribution in [0.4, 0.5) is 0 Å². The van der Waals surface area contributed by atoms with Gasteiger partial charge in [-0.15, -0.1) is 0 Å². The average molecular weight is 362 g/mol. The van der Waals surface area contributed by atoms with E-state index < -0.39 is 10.0 Å². The number of rotatable bonds is 5. The Labute approximate surface area is 129 Å². The highest BCUT2D eigenvalue weighted by Crippen LogP contribution is 2.22. The van der Waals surface area contributed by atoms with Crippen LogP contribution in [0.15, 0.2) is 33.6 Å². The standard InChI is InChI=1S/C13H20BrN3O2S/c1-3-16-9-11(10-17(16)4-2)15-20(18,19)13-8-6-5-7-12(13)14/h5-8,11,15H,3-4,9-10H2,1-2H3. The molecular weight excluding hydrogens is 342 g/mol. The number of likely N-dealkylation sites (N-methyl/N-ethyl adjacent to an activating group) is 2. The Morgan fingerprint density at radius 2 is 1.75 bits per heavy atom. The van der Waals surface area contributed by atoms with Crippen molar-refractivity contribution in [2.75, 3.05) is 26.2 Å². The van der Waals surface area contributed by atoms with Crippen LogP contribution in [0, 0.1) is 0 Å². The smallest absolute Gasteiger partial charge is 0.240 e. The third-order valence-corrected chi connectivity index (χ3v) is 5.97. The van der Waals surface area contributed by atoms with E-state index in [-0.39, 0.29) is 10.9 Å². The first-order chi connectivity index (χ1) is 9.47. The lowest BCUT2D eigenvalue weighted by atomic mass is 10.3. The molecule has 0 aliphatic carbocycles. The second-order valence-electron chi connectivity index (χ2n) is 4.76. The molecule has 0 radical (unpaired) electrons. The summed E-state index contributed by atoms with van der Waals surface area (Å²) in [6.07, 6.45) is 0. The molecule has 0 atom stereocenters. The van der Waals surface area contributed by atoms with Crippen molar-refractivity contribution in [3.63, 3.8) is 0 Å². The molecule has 20 heavy (non-hydrogen) atoms. The summed E-state index contributed by atoms with van der Waals surface area (Å²) in [5.74, 6) is 0. The molecule has 0 bridgehead atoms. The Kier molecular flexibility index (Phi) is 5.19. The number of hydrogen-bond acceptors (Lipinski definition) is 4. The van der Waals surface area contributed by atoms with Gasteiger partial charge in [0.2, 0.25) is 10.0 Å². The summed E-state index contributed by atoms with van der Waals surface area (Å²) in [5, 5.41) is 4.35. The Balaban J connectivity index is 2.12. The summed E-state index contributed by atoms with van der Waals surface area (Å²) in [6, 6.07) is 6.80. The summed E-state index contributed by atoms with van der Waals surface area (Å²) in [7, 11) is -3.49. The van der Waals surface area contributed by atoms with Gasteiger partial charge in [-0.1, -0.05) is 26.0 Å². The normalized spacial score (nSPS) is 18.8. The highest BCUT2D eigenvalue weighted by atomic mass is 79.9. The number of sulfonamides is 1. The molecule has 1 N–H and O–H groups in total. The molecule has 1 fully saturated rings. The SMILES string of the molecule is CCN1CC(NS(=O)(=O)c2ccccc2Br)CN1CC. The van der Waals surface area contributed by atoms with E-state index in [1.807, 2.05) is 0 Å². The molecule has 0 saturated carbocycles. The first-order valence-electron chi connectivity index (χ1n) is 6.74. The molecule has 0 spiro atoms. The summed E-state index contributed by atoms with van der Waals surface area (Å²) in [6.45, 7) is 7.37. The van der Waals surface area contributed by atoms with Crippen LogP contribution in [0.3, 0.4) is 0 Å². The minimum absolute atomic E-state index is 0.0768. The Hall–Kier alpha value is -0.470. The van der Waals surface area contributed by atoms with E-state index in [1.54, 1.807) is 24.3 Å². The van der Waals surface area contributed by atoms with Crippen molar-refractivity contribution in [1.82, 2.24) is 14.7 Å². The minimum Gasteiger partial charge on any atom is -0.240 e. The van der Waals surface area contributed by atoms with Crippen LogP contribution in [-0.4, -0.2) is 50.7 Å². The molecular formula is C13H20BrN3O2S. The maximum Gasteiger partial charge on any atom is 0.242 e. The number of nitrogens with one attached hydrogen (secondary N) is 1. The van der Waals surface area contributed by atoms with Gasteiger partial charge in [0.15, 0.2) is 0 Å². The van der Waals surface area contributed by atoms with E-state index in [1.165, 1.54) is 0 Å². The molecule has 7 heteroatoms. The fourth-order valence-corrected chi connectivity index (χ4v) is 4.70. The molecule has 1 aromatic carbocycles. The number of hydrogen-bond donors (Lipinski definition) is 1. The average Bonchev–Trinajstić information content (AvgIpc) is 2.80. The van der Waals surface area contributed by atoms with E-state index in [0.717, 1.165) is 13.1 Å². The van der Waals surface area contributed by atoms with Gasteiger partial charge in [-0.05, 0) is 28.1 Å². The zero-order chi connectivity index (χ0) is 14.8. The van der Waals surface area contributed by atoms with Crippen LogP contribution in [0.5, 0.6) is 0 Å². The van der Waals surface area contributed by atoms with Gasteiger partial charge in [0, 0.05) is 30.7 Å². The molecule has 1 aliphatic rings. The van der Waals surface area contributed by atoms with Crippen molar-refractivity contribution in [3.05, 3.63) is 28.7 Å². The third kappa shape index (κ3) is 3.40. The maximum absolute atomic E-state index is 12.4. The maximum atomic E-state index is 12.4. The quantitative estimate of drug-likeness (QED) is 0.866. The first-order valence-corrected chi connectivity index (χ1v) is 9.02. The summed E-state index contributed by atoms with van der Waals surface area (Å²) in [5.41, 5.74) is 0. The van der Waals surface area contributed by atoms with Crippen molar-refractivity contribution in [3.8, 4) is 0 Å². The molecule has 0 aromatic heterocycles. The lowest BCUT2D eigenvalue weighted by Crippen LogP contribution is -2.38. The summed E-state index contributed by atoms with van der Waals surface area (Å²) < 4.78 is 28.2. The second-order valence-corrected chi connectivity index (χ2v) is 7.30. The Morgan fingerprint density at radius 3 is 2.25 bits per heavy atom. The lowest BCUT2D eigenvalue weighted by Gasteiger charge is -2.24. The summed E-state index contributed by atoms with van der Waals surface area (Å²) >= 11 is 3.29. The largest absolute Gasteiger partial charge is 0.242 e. The van der Waals surface area contributed by atoms with E-state index >= 15 is 0 Å². The number of benzene rings is 1. The zero-order valence-corrected chi connectivity index (χ0v) is 14.1. The van der Waals surface area contributed by atoms with Gasteiger partial charge in [-0.25, -0.2) is 23.2 Å². The Bertz CT molecular complexity index is 552. The summed E-state index contributed by atoms with van der Waals surface area (Å²) in [4.78, 5) is 0.290. The lowest BCUT2D eigenvalue weighted by molar-refractivity contribution is 0.0388. The van der Waals surface area contributed by atoms with Crippen LogP contribution < -0.4 is 4.72 Å². The zero-order valence-electron chi connectivity index (χ0n) is 11.7. The first kappa shape index (κ1) is 15.9. The molecule has 1 aliphatic heterocycles. The molecule has 112 valence electrons. The van der Waals surface area contributed by atoms with Crippen molar-refractivity contribution >= 4 is 26.0 Å². The van der Waals surface area contributed by atoms with Crippen molar-refractivity contribution < 1.29 is 8.42 Å². The monoisotopic (exact) mass is 361 g/mol. The fraction of sp³-hybridized carbons (Fsp3) is 0.538. The molecule has 1 aromatic rings. The van der Waals surface area contributed by atoms with E-state index in [9.17, 15) is 8.42 Å². The van der Waals surface area contributed by atoms with Crippen molar-refractivity contribution in [2.45, 2.75) is 24.8 Å². The number of hydrazine groups is 1. The third-order valence-electron chi connectivity index (χ3n) is 3.44. The van der Waals surface area contributed by atoms with Crippen LogP contribution in [0.1, 0.15) is 13.8 Å². The number of nitrogens with zero attached hydrogens (tertiary/aromatic N) is 2. The fourth-order valence-electron chi connectivity index (χ4n) is 2.48. The van der Waals surface area contributed by atoms with Crippen molar-refractivity contribution in [1.29, 1.82) is 0 Å². The van der Waals surface area contributed by atoms with Gasteiger partial charge in [0.25, 0.3) is 0 Å². The topological polar surface area (TPSA) is 52.7 Å².